The summed E-state index contributed by atoms with van der Waals surface area (Å²) in [5.41, 5.74) is -0.490. The van der Waals surface area contributed by atoms with Crippen LogP contribution in [-0.2, 0) is 21.4 Å². The third kappa shape index (κ3) is 4.59. The summed E-state index contributed by atoms with van der Waals surface area (Å²) in [5.74, 6) is -6.74. The molecule has 2 aromatic carbocycles. The van der Waals surface area contributed by atoms with E-state index in [2.05, 4.69) is 15.1 Å². The SMILES string of the molecule is CC(=O)Nc1ccc(S(=O)(=O)Nc2ccn(Cc3c(F)c(F)cc(F)c3F)n2)cc1. The van der Waals surface area contributed by atoms with Gasteiger partial charge >= 0.3 is 0 Å². The molecule has 1 aromatic heterocycles. The molecule has 0 aliphatic rings. The number of nitrogens with zero attached hydrogens (tertiary/aromatic N) is 2. The first kappa shape index (κ1) is 21.3. The molecule has 0 unspecified atom stereocenters. The van der Waals surface area contributed by atoms with Gasteiger partial charge in [-0.25, -0.2) is 26.0 Å². The van der Waals surface area contributed by atoms with Crippen molar-refractivity contribution in [1.82, 2.24) is 9.78 Å². The number of benzene rings is 2. The number of anilines is 2. The number of aromatic nitrogens is 2. The van der Waals surface area contributed by atoms with Gasteiger partial charge in [0.2, 0.25) is 5.91 Å². The summed E-state index contributed by atoms with van der Waals surface area (Å²) in [6, 6.07) is 6.58. The molecule has 0 saturated heterocycles. The summed E-state index contributed by atoms with van der Waals surface area (Å²) in [4.78, 5) is 10.9. The van der Waals surface area contributed by atoms with Gasteiger partial charge in [-0.15, -0.1) is 0 Å². The van der Waals surface area contributed by atoms with Crippen molar-refractivity contribution in [1.29, 1.82) is 0 Å². The number of carbonyl (C=O) groups excluding carboxylic acids is 1. The predicted molar refractivity (Wildman–Crippen MR) is 99.2 cm³/mol. The minimum absolute atomic E-state index is 0.0913. The van der Waals surface area contributed by atoms with Crippen LogP contribution >= 0.6 is 0 Å². The molecule has 0 aliphatic carbocycles. The topological polar surface area (TPSA) is 93.1 Å². The molecule has 2 N–H and O–H groups in total. The highest BCUT2D eigenvalue weighted by atomic mass is 32.2. The van der Waals surface area contributed by atoms with E-state index in [4.69, 9.17) is 0 Å². The van der Waals surface area contributed by atoms with Crippen LogP contribution in [-0.4, -0.2) is 24.1 Å². The summed E-state index contributed by atoms with van der Waals surface area (Å²) in [6.07, 6.45) is 1.18. The number of hydrogen-bond donors (Lipinski definition) is 2. The van der Waals surface area contributed by atoms with Crippen LogP contribution in [0.25, 0.3) is 0 Å². The molecule has 1 heterocycles. The monoisotopic (exact) mass is 442 g/mol. The molecule has 158 valence electrons. The second-order valence-electron chi connectivity index (χ2n) is 6.16. The van der Waals surface area contributed by atoms with Crippen LogP contribution in [0.15, 0.2) is 47.5 Å². The Bertz CT molecular complexity index is 1180. The minimum atomic E-state index is -4.05. The Kier molecular flexibility index (Phi) is 5.78. The molecule has 0 spiro atoms. The third-order valence-electron chi connectivity index (χ3n) is 3.89. The van der Waals surface area contributed by atoms with E-state index in [9.17, 15) is 30.8 Å². The number of amides is 1. The molecule has 0 saturated carbocycles. The first-order valence-electron chi connectivity index (χ1n) is 8.32. The molecule has 7 nitrogen and oxygen atoms in total. The number of carbonyl (C=O) groups is 1. The Hall–Kier alpha value is -3.41. The van der Waals surface area contributed by atoms with Crippen LogP contribution < -0.4 is 10.0 Å². The number of halogens is 4. The fourth-order valence-corrected chi connectivity index (χ4v) is 3.54. The zero-order valence-corrected chi connectivity index (χ0v) is 16.1. The van der Waals surface area contributed by atoms with Gasteiger partial charge in [0.15, 0.2) is 29.1 Å². The Labute approximate surface area is 168 Å². The Morgan fingerprint density at radius 1 is 1.03 bits per heavy atom. The first-order chi connectivity index (χ1) is 14.1. The maximum absolute atomic E-state index is 13.8. The van der Waals surface area contributed by atoms with Gasteiger partial charge in [0.05, 0.1) is 17.0 Å². The minimum Gasteiger partial charge on any atom is -0.326 e. The Balaban J connectivity index is 1.78. The van der Waals surface area contributed by atoms with Gasteiger partial charge in [-0.2, -0.15) is 5.10 Å². The zero-order valence-electron chi connectivity index (χ0n) is 15.3. The standard InChI is InChI=1S/C18H14F4N4O3S/c1-10(27)23-11-2-4-12(5-3-11)30(28,29)25-16-6-7-26(24-16)9-13-17(21)14(19)8-15(20)18(13)22/h2-8H,9H2,1H3,(H,23,27)(H,24,25). The van der Waals surface area contributed by atoms with Crippen molar-refractivity contribution in [3.8, 4) is 0 Å². The van der Waals surface area contributed by atoms with E-state index < -0.39 is 45.4 Å². The Morgan fingerprint density at radius 2 is 1.63 bits per heavy atom. The second kappa shape index (κ2) is 8.14. The molecular weight excluding hydrogens is 428 g/mol. The molecule has 0 fully saturated rings. The van der Waals surface area contributed by atoms with Gasteiger partial charge in [-0.05, 0) is 24.3 Å². The van der Waals surface area contributed by atoms with Crippen molar-refractivity contribution in [2.45, 2.75) is 18.4 Å². The van der Waals surface area contributed by atoms with Crippen LogP contribution in [0.5, 0.6) is 0 Å². The van der Waals surface area contributed by atoms with Gasteiger partial charge < -0.3 is 5.32 Å². The van der Waals surface area contributed by atoms with Crippen LogP contribution in [0.1, 0.15) is 12.5 Å². The van der Waals surface area contributed by atoms with Gasteiger partial charge in [0.1, 0.15) is 0 Å². The van der Waals surface area contributed by atoms with Crippen LogP contribution in [0.3, 0.4) is 0 Å². The zero-order chi connectivity index (χ0) is 22.1. The van der Waals surface area contributed by atoms with E-state index in [1.165, 1.54) is 43.5 Å². The average Bonchev–Trinajstić information content (AvgIpc) is 3.10. The largest absolute Gasteiger partial charge is 0.326 e. The predicted octanol–water partition coefficient (Wildman–Crippen LogP) is 3.25. The van der Waals surface area contributed by atoms with Gasteiger partial charge in [0.25, 0.3) is 10.0 Å². The number of sulfonamides is 1. The van der Waals surface area contributed by atoms with Crippen LogP contribution in [0.2, 0.25) is 0 Å². The molecule has 1 amide bonds. The molecular formula is C18H14F4N4O3S. The highest BCUT2D eigenvalue weighted by Crippen LogP contribution is 2.21. The van der Waals surface area contributed by atoms with Crippen LogP contribution in [0.4, 0.5) is 29.1 Å². The molecule has 12 heteroatoms. The van der Waals surface area contributed by atoms with Gasteiger partial charge in [0, 0.05) is 30.9 Å². The molecule has 3 rings (SSSR count). The third-order valence-corrected chi connectivity index (χ3v) is 5.26. The molecule has 0 radical (unpaired) electrons. The highest BCUT2D eigenvalue weighted by molar-refractivity contribution is 7.92. The fourth-order valence-electron chi connectivity index (χ4n) is 2.54. The molecule has 30 heavy (non-hydrogen) atoms. The summed E-state index contributed by atoms with van der Waals surface area (Å²) >= 11 is 0. The lowest BCUT2D eigenvalue weighted by Gasteiger charge is -2.08. The van der Waals surface area contributed by atoms with E-state index in [1.807, 2.05) is 0 Å². The van der Waals surface area contributed by atoms with E-state index in [0.717, 1.165) is 4.68 Å². The van der Waals surface area contributed by atoms with Crippen molar-refractivity contribution in [3.05, 3.63) is 71.4 Å². The van der Waals surface area contributed by atoms with E-state index in [0.29, 0.717) is 5.69 Å². The molecule has 0 aliphatic heterocycles. The van der Waals surface area contributed by atoms with Crippen LogP contribution in [0, 0.1) is 23.3 Å². The van der Waals surface area contributed by atoms with E-state index >= 15 is 0 Å². The summed E-state index contributed by atoms with van der Waals surface area (Å²) < 4.78 is 82.1. The number of rotatable bonds is 6. The number of nitrogens with one attached hydrogen (secondary N) is 2. The van der Waals surface area contributed by atoms with E-state index in [1.54, 1.807) is 0 Å². The van der Waals surface area contributed by atoms with Gasteiger partial charge in [-0.1, -0.05) is 0 Å². The van der Waals surface area contributed by atoms with Crippen molar-refractivity contribution in [2.75, 3.05) is 10.0 Å². The summed E-state index contributed by atoms with van der Waals surface area (Å²) in [7, 11) is -4.05. The second-order valence-corrected chi connectivity index (χ2v) is 7.84. The maximum Gasteiger partial charge on any atom is 0.263 e. The van der Waals surface area contributed by atoms with Crippen molar-refractivity contribution < 1.29 is 30.8 Å². The quantitative estimate of drug-likeness (QED) is 0.453. The van der Waals surface area contributed by atoms with E-state index in [-0.39, 0.29) is 22.7 Å². The lowest BCUT2D eigenvalue weighted by Crippen LogP contribution is -2.14. The fraction of sp³-hybridized carbons (Fsp3) is 0.111. The summed E-state index contributed by atoms with van der Waals surface area (Å²) in [5, 5.41) is 6.30. The van der Waals surface area contributed by atoms with Crippen molar-refractivity contribution in [2.24, 2.45) is 0 Å². The molecule has 0 bridgehead atoms. The average molecular weight is 442 g/mol. The Morgan fingerprint density at radius 3 is 2.20 bits per heavy atom. The number of hydrogen-bond acceptors (Lipinski definition) is 4. The first-order valence-corrected chi connectivity index (χ1v) is 9.81. The van der Waals surface area contributed by atoms with Crippen molar-refractivity contribution in [3.63, 3.8) is 0 Å². The van der Waals surface area contributed by atoms with Gasteiger partial charge in [-0.3, -0.25) is 14.2 Å². The van der Waals surface area contributed by atoms with Crippen molar-refractivity contribution >= 4 is 27.4 Å². The summed E-state index contributed by atoms with van der Waals surface area (Å²) in [6.45, 7) is 0.637. The maximum atomic E-state index is 13.8. The smallest absolute Gasteiger partial charge is 0.263 e. The normalized spacial score (nSPS) is 11.4. The highest BCUT2D eigenvalue weighted by Gasteiger charge is 2.20. The lowest BCUT2D eigenvalue weighted by molar-refractivity contribution is -0.114. The lowest BCUT2D eigenvalue weighted by atomic mass is 10.2. The molecule has 3 aromatic rings. The molecule has 0 atom stereocenters.